The Kier molecular flexibility index (Phi) is 6.18. The van der Waals surface area contributed by atoms with E-state index in [4.69, 9.17) is 18.2 Å². The summed E-state index contributed by atoms with van der Waals surface area (Å²) < 4.78 is 19.6. The van der Waals surface area contributed by atoms with Gasteiger partial charge in [0.15, 0.2) is 5.58 Å². The van der Waals surface area contributed by atoms with Crippen LogP contribution in [0.5, 0.6) is 0 Å². The molecule has 0 aliphatic carbocycles. The number of oxazole rings is 1. The van der Waals surface area contributed by atoms with Crippen LogP contribution in [0.3, 0.4) is 0 Å². The topological polar surface area (TPSA) is 55.6 Å². The summed E-state index contributed by atoms with van der Waals surface area (Å²) in [6, 6.07) is 58.6. The molecule has 0 atom stereocenters. The molecule has 0 amide bonds. The Labute approximate surface area is 297 Å². The molecule has 0 aliphatic rings. The number of rotatable bonds is 5. The van der Waals surface area contributed by atoms with Gasteiger partial charge in [0.25, 0.3) is 0 Å². The highest BCUT2D eigenvalue weighted by molar-refractivity contribution is 6.21. The number of para-hydroxylation sites is 3. The third kappa shape index (κ3) is 4.46. The van der Waals surface area contributed by atoms with Crippen LogP contribution in [-0.4, -0.2) is 4.98 Å². The van der Waals surface area contributed by atoms with E-state index in [-0.39, 0.29) is 0 Å². The fourth-order valence-electron chi connectivity index (χ4n) is 7.65. The maximum Gasteiger partial charge on any atom is 0.228 e. The predicted molar refractivity (Wildman–Crippen MR) is 212 cm³/mol. The summed E-state index contributed by atoms with van der Waals surface area (Å²) in [5.74, 6) is 0.572. The number of fused-ring (bicyclic) bond motifs is 9. The van der Waals surface area contributed by atoms with Crippen molar-refractivity contribution in [3.05, 3.63) is 170 Å². The number of hydrogen-bond donors (Lipinski definition) is 0. The third-order valence-electron chi connectivity index (χ3n) is 10.1. The summed E-state index contributed by atoms with van der Waals surface area (Å²) >= 11 is 0. The zero-order valence-electron chi connectivity index (χ0n) is 27.8. The molecule has 52 heavy (non-hydrogen) atoms. The van der Waals surface area contributed by atoms with E-state index in [1.54, 1.807) is 0 Å². The number of nitrogens with zero attached hydrogens (tertiary/aromatic N) is 2. The van der Waals surface area contributed by atoms with Crippen molar-refractivity contribution in [1.29, 1.82) is 0 Å². The lowest BCUT2D eigenvalue weighted by atomic mass is 10.00. The van der Waals surface area contributed by atoms with Gasteiger partial charge < -0.3 is 18.2 Å². The fraction of sp³-hybridized carbons (Fsp3) is 0. The van der Waals surface area contributed by atoms with Gasteiger partial charge >= 0.3 is 0 Å². The molecule has 0 radical (unpaired) electrons. The summed E-state index contributed by atoms with van der Waals surface area (Å²) in [6.45, 7) is 0. The zero-order valence-corrected chi connectivity index (χ0v) is 27.8. The van der Waals surface area contributed by atoms with E-state index in [1.807, 2.05) is 54.6 Å². The Morgan fingerprint density at radius 1 is 0.404 bits per heavy atom. The number of benzene rings is 8. The van der Waals surface area contributed by atoms with Gasteiger partial charge in [0, 0.05) is 61.7 Å². The van der Waals surface area contributed by atoms with Gasteiger partial charge in [0.1, 0.15) is 27.8 Å². The predicted octanol–water partition coefficient (Wildman–Crippen LogP) is 13.6. The number of hydrogen-bond acceptors (Lipinski definition) is 5. The van der Waals surface area contributed by atoms with Crippen LogP contribution in [0.25, 0.3) is 88.3 Å². The van der Waals surface area contributed by atoms with E-state index < -0.39 is 0 Å². The van der Waals surface area contributed by atoms with E-state index in [9.17, 15) is 0 Å². The van der Waals surface area contributed by atoms with Gasteiger partial charge in [-0.05, 0) is 77.2 Å². The van der Waals surface area contributed by atoms with Crippen LogP contribution in [0.1, 0.15) is 0 Å². The lowest BCUT2D eigenvalue weighted by molar-refractivity contribution is 0.620. The summed E-state index contributed by atoms with van der Waals surface area (Å²) in [7, 11) is 0. The van der Waals surface area contributed by atoms with Crippen molar-refractivity contribution in [2.75, 3.05) is 4.90 Å². The van der Waals surface area contributed by atoms with Crippen LogP contribution in [0.15, 0.2) is 183 Å². The normalized spacial score (nSPS) is 11.8. The van der Waals surface area contributed by atoms with E-state index in [1.165, 1.54) is 0 Å². The summed E-state index contributed by atoms with van der Waals surface area (Å²) in [5.41, 5.74) is 11.0. The Morgan fingerprint density at radius 3 is 1.90 bits per heavy atom. The van der Waals surface area contributed by atoms with Gasteiger partial charge in [-0.1, -0.05) is 97.1 Å². The van der Waals surface area contributed by atoms with Crippen molar-refractivity contribution in [2.45, 2.75) is 0 Å². The van der Waals surface area contributed by atoms with Crippen molar-refractivity contribution < 1.29 is 13.3 Å². The van der Waals surface area contributed by atoms with Crippen LogP contribution in [0, 0.1) is 0 Å². The van der Waals surface area contributed by atoms with Gasteiger partial charge in [-0.25, -0.2) is 4.98 Å². The molecule has 3 heterocycles. The molecule has 0 unspecified atom stereocenters. The maximum absolute atomic E-state index is 6.85. The Bertz CT molecular complexity index is 3120. The minimum absolute atomic E-state index is 0.572. The molecule has 5 nitrogen and oxygen atoms in total. The molecule has 0 saturated heterocycles. The highest BCUT2D eigenvalue weighted by Gasteiger charge is 2.22. The van der Waals surface area contributed by atoms with Crippen LogP contribution in [0.2, 0.25) is 0 Å². The first-order valence-electron chi connectivity index (χ1n) is 17.4. The van der Waals surface area contributed by atoms with Crippen molar-refractivity contribution in [3.8, 4) is 22.6 Å². The average Bonchev–Trinajstić information content (AvgIpc) is 3.91. The van der Waals surface area contributed by atoms with Crippen molar-refractivity contribution in [1.82, 2.24) is 4.98 Å². The lowest BCUT2D eigenvalue weighted by Gasteiger charge is -2.26. The first-order valence-corrected chi connectivity index (χ1v) is 17.4. The Morgan fingerprint density at radius 2 is 1.06 bits per heavy atom. The molecule has 244 valence electrons. The van der Waals surface area contributed by atoms with Crippen molar-refractivity contribution in [2.24, 2.45) is 0 Å². The van der Waals surface area contributed by atoms with E-state index >= 15 is 0 Å². The molecule has 0 bridgehead atoms. The van der Waals surface area contributed by atoms with Gasteiger partial charge in [0.2, 0.25) is 5.89 Å². The molecular formula is C47H28N2O3. The number of furan rings is 2. The molecule has 0 N–H and O–H groups in total. The molecule has 8 aromatic carbocycles. The molecule has 0 spiro atoms. The zero-order chi connectivity index (χ0) is 34.2. The molecular weight excluding hydrogens is 641 g/mol. The smallest absolute Gasteiger partial charge is 0.228 e. The lowest BCUT2D eigenvalue weighted by Crippen LogP contribution is -2.09. The first-order chi connectivity index (χ1) is 25.7. The second-order valence-corrected chi connectivity index (χ2v) is 13.1. The highest BCUT2D eigenvalue weighted by atomic mass is 16.4. The summed E-state index contributed by atoms with van der Waals surface area (Å²) in [6.07, 6.45) is 0. The quantitative estimate of drug-likeness (QED) is 0.183. The fourth-order valence-corrected chi connectivity index (χ4v) is 7.65. The summed E-state index contributed by atoms with van der Waals surface area (Å²) in [4.78, 5) is 7.17. The minimum Gasteiger partial charge on any atom is -0.456 e. The van der Waals surface area contributed by atoms with Gasteiger partial charge in [-0.2, -0.15) is 0 Å². The van der Waals surface area contributed by atoms with E-state index in [2.05, 4.69) is 120 Å². The molecule has 3 aromatic heterocycles. The van der Waals surface area contributed by atoms with Crippen LogP contribution >= 0.6 is 0 Å². The number of aromatic nitrogens is 1. The van der Waals surface area contributed by atoms with Gasteiger partial charge in [-0.3, -0.25) is 0 Å². The largest absolute Gasteiger partial charge is 0.456 e. The molecule has 5 heteroatoms. The third-order valence-corrected chi connectivity index (χ3v) is 10.1. The standard InChI is InChI=1S/C47H28N2O3/c1-2-11-29(12-3-1)30-14-10-15-32(25-30)49(33-21-23-37-36-17-6-8-19-41(36)50-43(37)27-33)34-22-24-38-44(28-34)51-46-35-16-5-4-13-31(35)26-39(45(38)46)47-48-40-18-7-9-20-42(40)52-47/h1-28H. The van der Waals surface area contributed by atoms with Crippen molar-refractivity contribution >= 4 is 82.8 Å². The second-order valence-electron chi connectivity index (χ2n) is 13.1. The average molecular weight is 669 g/mol. The maximum atomic E-state index is 6.85. The first kappa shape index (κ1) is 28.7. The Balaban J connectivity index is 1.14. The molecule has 11 rings (SSSR count). The Hall–Kier alpha value is -7.11. The number of anilines is 3. The molecule has 0 fully saturated rings. The van der Waals surface area contributed by atoms with Crippen LogP contribution < -0.4 is 4.90 Å². The monoisotopic (exact) mass is 668 g/mol. The second kappa shape index (κ2) is 11.2. The molecule has 11 aromatic rings. The molecule has 0 aliphatic heterocycles. The minimum atomic E-state index is 0.572. The molecule has 0 saturated carbocycles. The van der Waals surface area contributed by atoms with E-state index in [0.29, 0.717) is 5.89 Å². The van der Waals surface area contributed by atoms with Crippen molar-refractivity contribution in [3.63, 3.8) is 0 Å². The van der Waals surface area contributed by atoms with Crippen LogP contribution in [0.4, 0.5) is 17.1 Å². The van der Waals surface area contributed by atoms with Gasteiger partial charge in [0.05, 0.1) is 0 Å². The van der Waals surface area contributed by atoms with Crippen LogP contribution in [-0.2, 0) is 0 Å². The summed E-state index contributed by atoms with van der Waals surface area (Å²) in [5, 5.41) is 6.26. The SMILES string of the molecule is c1ccc(-c2cccc(N(c3ccc4c(c3)oc3ccccc34)c3ccc4c(c3)oc3c5ccccc5cc(-c5nc6ccccc6o5)c43)c2)cc1. The van der Waals surface area contributed by atoms with E-state index in [0.717, 1.165) is 99.5 Å². The highest BCUT2D eigenvalue weighted by Crippen LogP contribution is 2.45. The van der Waals surface area contributed by atoms with Gasteiger partial charge in [-0.15, -0.1) is 0 Å².